The van der Waals surface area contributed by atoms with Crippen molar-refractivity contribution in [2.45, 2.75) is 32.2 Å². The van der Waals surface area contributed by atoms with Gasteiger partial charge >= 0.3 is 0 Å². The molecule has 0 fully saturated rings. The van der Waals surface area contributed by atoms with Crippen molar-refractivity contribution < 1.29 is 9.53 Å². The molecule has 4 heteroatoms. The third-order valence-electron chi connectivity index (χ3n) is 3.23. The highest BCUT2D eigenvalue weighted by Crippen LogP contribution is 2.26. The van der Waals surface area contributed by atoms with E-state index >= 15 is 0 Å². The number of ether oxygens (including phenoxy) is 1. The Morgan fingerprint density at radius 3 is 3.00 bits per heavy atom. The van der Waals surface area contributed by atoms with Crippen molar-refractivity contribution in [3.63, 3.8) is 0 Å². The van der Waals surface area contributed by atoms with Crippen LogP contribution in [0.4, 0.5) is 11.4 Å². The molecule has 0 aromatic heterocycles. The monoisotopic (exact) mass is 248 g/mol. The number of methoxy groups -OCH3 is 1. The molecule has 1 aliphatic rings. The Bertz CT molecular complexity index is 432. The molecule has 0 radical (unpaired) electrons. The summed E-state index contributed by atoms with van der Waals surface area (Å²) in [6.07, 6.45) is 2.41. The highest BCUT2D eigenvalue weighted by molar-refractivity contribution is 5.94. The van der Waals surface area contributed by atoms with Gasteiger partial charge in [-0.3, -0.25) is 4.79 Å². The first-order valence-electron chi connectivity index (χ1n) is 6.41. The van der Waals surface area contributed by atoms with Gasteiger partial charge in [-0.2, -0.15) is 0 Å². The van der Waals surface area contributed by atoms with Gasteiger partial charge in [0, 0.05) is 30.9 Å². The standard InChI is InChI=1S/C14H20N2O2/c1-3-11(9-18-2)15-12-5-6-13-10(8-12)4-7-14(17)16-13/h5-6,8,11,15H,3-4,7,9H2,1-2H3,(H,16,17). The lowest BCUT2D eigenvalue weighted by Gasteiger charge is -2.21. The summed E-state index contributed by atoms with van der Waals surface area (Å²) >= 11 is 0. The average Bonchev–Trinajstić information content (AvgIpc) is 2.38. The Labute approximate surface area is 108 Å². The van der Waals surface area contributed by atoms with Crippen molar-refractivity contribution in [2.24, 2.45) is 0 Å². The maximum atomic E-state index is 11.3. The number of rotatable bonds is 5. The van der Waals surface area contributed by atoms with Crippen LogP contribution in [0.25, 0.3) is 0 Å². The molecule has 0 aliphatic carbocycles. The van der Waals surface area contributed by atoms with Crippen LogP contribution >= 0.6 is 0 Å². The van der Waals surface area contributed by atoms with E-state index in [2.05, 4.69) is 23.6 Å². The van der Waals surface area contributed by atoms with Crippen LogP contribution in [-0.2, 0) is 16.0 Å². The normalized spacial score (nSPS) is 15.8. The SMILES string of the molecule is CCC(COC)Nc1ccc2c(c1)CCC(=O)N2. The van der Waals surface area contributed by atoms with Crippen LogP contribution < -0.4 is 10.6 Å². The lowest BCUT2D eigenvalue weighted by molar-refractivity contribution is -0.116. The summed E-state index contributed by atoms with van der Waals surface area (Å²) in [6.45, 7) is 2.83. The highest BCUT2D eigenvalue weighted by Gasteiger charge is 2.15. The van der Waals surface area contributed by atoms with Crippen molar-refractivity contribution in [3.8, 4) is 0 Å². The molecule has 18 heavy (non-hydrogen) atoms. The maximum absolute atomic E-state index is 11.3. The summed E-state index contributed by atoms with van der Waals surface area (Å²) in [5.41, 5.74) is 3.23. The van der Waals surface area contributed by atoms with E-state index in [1.165, 1.54) is 5.56 Å². The third kappa shape index (κ3) is 3.01. The van der Waals surface area contributed by atoms with Gasteiger partial charge in [0.15, 0.2) is 0 Å². The number of hydrogen-bond acceptors (Lipinski definition) is 3. The van der Waals surface area contributed by atoms with Crippen LogP contribution in [-0.4, -0.2) is 25.7 Å². The number of fused-ring (bicyclic) bond motifs is 1. The molecule has 98 valence electrons. The lowest BCUT2D eigenvalue weighted by Crippen LogP contribution is -2.24. The summed E-state index contributed by atoms with van der Waals surface area (Å²) in [4.78, 5) is 11.3. The quantitative estimate of drug-likeness (QED) is 0.841. The van der Waals surface area contributed by atoms with Crippen LogP contribution in [0, 0.1) is 0 Å². The fourth-order valence-corrected chi connectivity index (χ4v) is 2.17. The molecule has 1 unspecified atom stereocenters. The van der Waals surface area contributed by atoms with Gasteiger partial charge in [0.25, 0.3) is 0 Å². The zero-order valence-electron chi connectivity index (χ0n) is 11.0. The summed E-state index contributed by atoms with van der Waals surface area (Å²) < 4.78 is 5.17. The van der Waals surface area contributed by atoms with Crippen molar-refractivity contribution in [2.75, 3.05) is 24.4 Å². The van der Waals surface area contributed by atoms with Crippen molar-refractivity contribution in [1.82, 2.24) is 0 Å². The Morgan fingerprint density at radius 1 is 1.44 bits per heavy atom. The second-order valence-electron chi connectivity index (χ2n) is 4.62. The summed E-state index contributed by atoms with van der Waals surface area (Å²) in [5.74, 6) is 0.106. The molecule has 0 saturated carbocycles. The first-order chi connectivity index (χ1) is 8.72. The molecule has 0 spiro atoms. The minimum absolute atomic E-state index is 0.106. The van der Waals surface area contributed by atoms with Gasteiger partial charge < -0.3 is 15.4 Å². The van der Waals surface area contributed by atoms with E-state index in [1.807, 2.05) is 12.1 Å². The van der Waals surface area contributed by atoms with Crippen LogP contribution in [0.1, 0.15) is 25.3 Å². The van der Waals surface area contributed by atoms with E-state index in [1.54, 1.807) is 7.11 Å². The van der Waals surface area contributed by atoms with Gasteiger partial charge in [0.2, 0.25) is 5.91 Å². The molecular weight excluding hydrogens is 228 g/mol. The van der Waals surface area contributed by atoms with Gasteiger partial charge in [0.1, 0.15) is 0 Å². The van der Waals surface area contributed by atoms with E-state index in [4.69, 9.17) is 4.74 Å². The minimum atomic E-state index is 0.106. The van der Waals surface area contributed by atoms with E-state index < -0.39 is 0 Å². The Hall–Kier alpha value is -1.55. The Morgan fingerprint density at radius 2 is 2.28 bits per heavy atom. The van der Waals surface area contributed by atoms with E-state index in [0.29, 0.717) is 19.1 Å². The van der Waals surface area contributed by atoms with Gasteiger partial charge in [-0.25, -0.2) is 0 Å². The molecule has 0 bridgehead atoms. The average molecular weight is 248 g/mol. The molecule has 2 N–H and O–H groups in total. The smallest absolute Gasteiger partial charge is 0.224 e. The van der Waals surface area contributed by atoms with Crippen molar-refractivity contribution >= 4 is 17.3 Å². The number of benzene rings is 1. The summed E-state index contributed by atoms with van der Waals surface area (Å²) in [7, 11) is 1.72. The predicted molar refractivity (Wildman–Crippen MR) is 73.0 cm³/mol. The third-order valence-corrected chi connectivity index (χ3v) is 3.23. The summed E-state index contributed by atoms with van der Waals surface area (Å²) in [5, 5.41) is 6.34. The second kappa shape index (κ2) is 5.87. The van der Waals surface area contributed by atoms with Crippen molar-refractivity contribution in [3.05, 3.63) is 23.8 Å². The van der Waals surface area contributed by atoms with Crippen LogP contribution in [0.15, 0.2) is 18.2 Å². The summed E-state index contributed by atoms with van der Waals surface area (Å²) in [6, 6.07) is 6.41. The van der Waals surface area contributed by atoms with Crippen LogP contribution in [0.5, 0.6) is 0 Å². The molecular formula is C14H20N2O2. The first kappa shape index (κ1) is 12.9. The zero-order chi connectivity index (χ0) is 13.0. The molecule has 1 atom stereocenters. The second-order valence-corrected chi connectivity index (χ2v) is 4.62. The van der Waals surface area contributed by atoms with E-state index in [9.17, 15) is 4.79 Å². The molecule has 1 aromatic rings. The highest BCUT2D eigenvalue weighted by atomic mass is 16.5. The first-order valence-corrected chi connectivity index (χ1v) is 6.41. The van der Waals surface area contributed by atoms with Gasteiger partial charge in [-0.05, 0) is 36.6 Å². The molecule has 1 amide bonds. The van der Waals surface area contributed by atoms with E-state index in [0.717, 1.165) is 24.2 Å². The number of carbonyl (C=O) groups is 1. The topological polar surface area (TPSA) is 50.4 Å². The minimum Gasteiger partial charge on any atom is -0.383 e. The molecule has 1 aliphatic heterocycles. The van der Waals surface area contributed by atoms with Gasteiger partial charge in [-0.1, -0.05) is 6.92 Å². The maximum Gasteiger partial charge on any atom is 0.224 e. The molecule has 2 rings (SSSR count). The molecule has 1 aromatic carbocycles. The number of anilines is 2. The van der Waals surface area contributed by atoms with Gasteiger partial charge in [0.05, 0.1) is 6.61 Å². The lowest BCUT2D eigenvalue weighted by atomic mass is 10.0. The molecule has 1 heterocycles. The fraction of sp³-hybridized carbons (Fsp3) is 0.500. The fourth-order valence-electron chi connectivity index (χ4n) is 2.17. The Balaban J connectivity index is 2.09. The van der Waals surface area contributed by atoms with Crippen LogP contribution in [0.3, 0.4) is 0 Å². The van der Waals surface area contributed by atoms with E-state index in [-0.39, 0.29) is 5.91 Å². The number of aryl methyl sites for hydroxylation is 1. The van der Waals surface area contributed by atoms with Crippen molar-refractivity contribution in [1.29, 1.82) is 0 Å². The zero-order valence-corrected chi connectivity index (χ0v) is 11.0. The number of nitrogens with one attached hydrogen (secondary N) is 2. The number of carbonyl (C=O) groups excluding carboxylic acids is 1. The molecule has 4 nitrogen and oxygen atoms in total. The Kier molecular flexibility index (Phi) is 4.20. The largest absolute Gasteiger partial charge is 0.383 e. The number of amides is 1. The molecule has 0 saturated heterocycles. The number of hydrogen-bond donors (Lipinski definition) is 2. The predicted octanol–water partition coefficient (Wildman–Crippen LogP) is 2.41. The van der Waals surface area contributed by atoms with Crippen LogP contribution in [0.2, 0.25) is 0 Å². The van der Waals surface area contributed by atoms with Gasteiger partial charge in [-0.15, -0.1) is 0 Å².